The first-order valence-electron chi connectivity index (χ1n) is 11.2. The van der Waals surface area contributed by atoms with Crippen LogP contribution in [-0.2, 0) is 20.7 Å². The number of benzene rings is 2. The van der Waals surface area contributed by atoms with Crippen molar-refractivity contribution in [2.75, 3.05) is 19.8 Å². The number of hydrogen-bond acceptors (Lipinski definition) is 5. The Morgan fingerprint density at radius 1 is 1.19 bits per heavy atom. The highest BCUT2D eigenvalue weighted by Crippen LogP contribution is 2.40. The number of carbonyl (C=O) groups is 2. The van der Waals surface area contributed by atoms with E-state index in [0.29, 0.717) is 31.7 Å². The standard InChI is InChI=1S/C26H29NO5/c1-17(2)31-15-7-13-27-23(18-8-4-3-5-9-18)22(25(29)26(27)30)24(28)20-11-12-21-19(16-20)10-6-14-32-21/h3-5,8-9,11-12,16-17,23,28H,6-7,10,13-15H2,1-2H3/b24-22-. The highest BCUT2D eigenvalue weighted by atomic mass is 16.5. The summed E-state index contributed by atoms with van der Waals surface area (Å²) in [6.45, 7) is 5.45. The molecular weight excluding hydrogens is 406 g/mol. The van der Waals surface area contributed by atoms with E-state index in [1.807, 2.05) is 56.3 Å². The second-order valence-electron chi connectivity index (χ2n) is 8.45. The third-order valence-electron chi connectivity index (χ3n) is 5.83. The molecule has 0 aromatic heterocycles. The molecule has 2 heterocycles. The van der Waals surface area contributed by atoms with Gasteiger partial charge in [0, 0.05) is 18.7 Å². The van der Waals surface area contributed by atoms with E-state index in [-0.39, 0.29) is 17.4 Å². The first kappa shape index (κ1) is 22.1. The van der Waals surface area contributed by atoms with Gasteiger partial charge in [-0.1, -0.05) is 30.3 Å². The molecule has 0 bridgehead atoms. The molecule has 0 spiro atoms. The fraction of sp³-hybridized carbons (Fsp3) is 0.385. The Morgan fingerprint density at radius 3 is 2.72 bits per heavy atom. The van der Waals surface area contributed by atoms with E-state index in [2.05, 4.69) is 0 Å². The molecule has 1 saturated heterocycles. The molecular formula is C26H29NO5. The van der Waals surface area contributed by atoms with E-state index in [4.69, 9.17) is 9.47 Å². The maximum absolute atomic E-state index is 13.1. The minimum atomic E-state index is -0.657. The van der Waals surface area contributed by atoms with Crippen molar-refractivity contribution in [1.29, 1.82) is 0 Å². The van der Waals surface area contributed by atoms with Gasteiger partial charge in [-0.25, -0.2) is 0 Å². The lowest BCUT2D eigenvalue weighted by Crippen LogP contribution is -2.31. The molecule has 2 aromatic rings. The first-order valence-corrected chi connectivity index (χ1v) is 11.2. The molecule has 32 heavy (non-hydrogen) atoms. The van der Waals surface area contributed by atoms with Crippen LogP contribution >= 0.6 is 0 Å². The number of nitrogens with zero attached hydrogens (tertiary/aromatic N) is 1. The largest absolute Gasteiger partial charge is 0.507 e. The summed E-state index contributed by atoms with van der Waals surface area (Å²) in [5.41, 5.74) is 2.44. The third kappa shape index (κ3) is 4.41. The number of amides is 1. The van der Waals surface area contributed by atoms with Gasteiger partial charge in [0.05, 0.1) is 24.3 Å². The molecule has 0 saturated carbocycles. The normalized spacial score (nSPS) is 19.8. The maximum Gasteiger partial charge on any atom is 0.295 e. The van der Waals surface area contributed by atoms with Gasteiger partial charge in [-0.15, -0.1) is 0 Å². The zero-order valence-electron chi connectivity index (χ0n) is 18.5. The van der Waals surface area contributed by atoms with Gasteiger partial charge in [-0.3, -0.25) is 9.59 Å². The Kier molecular flexibility index (Phi) is 6.61. The van der Waals surface area contributed by atoms with E-state index in [0.717, 1.165) is 29.7 Å². The highest BCUT2D eigenvalue weighted by Gasteiger charge is 2.45. The lowest BCUT2D eigenvalue weighted by Gasteiger charge is -2.25. The number of rotatable bonds is 7. The SMILES string of the molecule is CC(C)OCCCN1C(=O)C(=O)/C(=C(\O)c2ccc3c(c2)CCCO3)C1c1ccccc1. The number of hydrogen-bond donors (Lipinski definition) is 1. The summed E-state index contributed by atoms with van der Waals surface area (Å²) >= 11 is 0. The Morgan fingerprint density at radius 2 is 1.97 bits per heavy atom. The van der Waals surface area contributed by atoms with Crippen LogP contribution in [0.4, 0.5) is 0 Å². The fourth-order valence-electron chi connectivity index (χ4n) is 4.31. The van der Waals surface area contributed by atoms with E-state index in [1.165, 1.54) is 0 Å². The Hall–Kier alpha value is -3.12. The number of ketones is 1. The average molecular weight is 436 g/mol. The van der Waals surface area contributed by atoms with E-state index >= 15 is 0 Å². The van der Waals surface area contributed by atoms with Gasteiger partial charge in [-0.05, 0) is 62.4 Å². The predicted molar refractivity (Wildman–Crippen MR) is 121 cm³/mol. The van der Waals surface area contributed by atoms with E-state index < -0.39 is 17.7 Å². The number of ether oxygens (including phenoxy) is 2. The molecule has 6 nitrogen and oxygen atoms in total. The van der Waals surface area contributed by atoms with Gasteiger partial charge in [0.1, 0.15) is 11.5 Å². The van der Waals surface area contributed by atoms with Crippen LogP contribution in [0.1, 0.15) is 49.4 Å². The number of likely N-dealkylation sites (tertiary alicyclic amines) is 1. The van der Waals surface area contributed by atoms with Crippen molar-refractivity contribution in [2.45, 2.75) is 45.3 Å². The molecule has 2 aliphatic heterocycles. The quantitative estimate of drug-likeness (QED) is 0.305. The van der Waals surface area contributed by atoms with Crippen LogP contribution in [0.5, 0.6) is 5.75 Å². The minimum absolute atomic E-state index is 0.100. The summed E-state index contributed by atoms with van der Waals surface area (Å²) < 4.78 is 11.3. The summed E-state index contributed by atoms with van der Waals surface area (Å²) in [6.07, 6.45) is 2.46. The van der Waals surface area contributed by atoms with Gasteiger partial charge in [0.2, 0.25) is 0 Å². The minimum Gasteiger partial charge on any atom is -0.507 e. The Labute approximate surface area is 188 Å². The first-order chi connectivity index (χ1) is 15.5. The molecule has 0 aliphatic carbocycles. The lowest BCUT2D eigenvalue weighted by molar-refractivity contribution is -0.140. The third-order valence-corrected chi connectivity index (χ3v) is 5.83. The highest BCUT2D eigenvalue weighted by molar-refractivity contribution is 6.46. The number of Topliss-reactive ketones (excluding diaryl/α,β-unsaturated/α-hetero) is 1. The summed E-state index contributed by atoms with van der Waals surface area (Å²) in [7, 11) is 0. The van der Waals surface area contributed by atoms with Gasteiger partial charge < -0.3 is 19.5 Å². The van der Waals surface area contributed by atoms with Crippen LogP contribution in [0.2, 0.25) is 0 Å². The van der Waals surface area contributed by atoms with Crippen molar-refractivity contribution in [2.24, 2.45) is 0 Å². The van der Waals surface area contributed by atoms with Crippen molar-refractivity contribution in [1.82, 2.24) is 4.90 Å². The molecule has 2 aliphatic rings. The van der Waals surface area contributed by atoms with Crippen LogP contribution < -0.4 is 4.74 Å². The van der Waals surface area contributed by atoms with E-state index in [1.54, 1.807) is 11.0 Å². The van der Waals surface area contributed by atoms with Gasteiger partial charge in [0.15, 0.2) is 0 Å². The molecule has 1 unspecified atom stereocenters. The molecule has 6 heteroatoms. The Bertz CT molecular complexity index is 1030. The van der Waals surface area contributed by atoms with Crippen molar-refractivity contribution < 1.29 is 24.2 Å². The van der Waals surface area contributed by atoms with Crippen LogP contribution in [0.25, 0.3) is 5.76 Å². The average Bonchev–Trinajstić information content (AvgIpc) is 3.06. The lowest BCUT2D eigenvalue weighted by atomic mass is 9.94. The molecule has 1 N–H and O–H groups in total. The molecule has 2 aromatic carbocycles. The number of aryl methyl sites for hydroxylation is 1. The monoisotopic (exact) mass is 435 g/mol. The summed E-state index contributed by atoms with van der Waals surface area (Å²) in [6, 6.07) is 14.2. The molecule has 168 valence electrons. The van der Waals surface area contributed by atoms with Crippen molar-refractivity contribution in [3.8, 4) is 5.75 Å². The summed E-state index contributed by atoms with van der Waals surface area (Å²) in [4.78, 5) is 27.6. The molecule has 4 rings (SSSR count). The van der Waals surface area contributed by atoms with Crippen molar-refractivity contribution >= 4 is 17.4 Å². The maximum atomic E-state index is 13.1. The van der Waals surface area contributed by atoms with Crippen LogP contribution in [0.3, 0.4) is 0 Å². The zero-order valence-corrected chi connectivity index (χ0v) is 18.5. The smallest absolute Gasteiger partial charge is 0.295 e. The second kappa shape index (κ2) is 9.57. The number of carbonyl (C=O) groups excluding carboxylic acids is 2. The van der Waals surface area contributed by atoms with Crippen molar-refractivity contribution in [3.05, 3.63) is 70.8 Å². The van der Waals surface area contributed by atoms with Gasteiger partial charge in [0.25, 0.3) is 11.7 Å². The van der Waals surface area contributed by atoms with Gasteiger partial charge >= 0.3 is 0 Å². The van der Waals surface area contributed by atoms with Crippen LogP contribution in [-0.4, -0.2) is 47.6 Å². The molecule has 0 radical (unpaired) electrons. The number of aliphatic hydroxyl groups is 1. The molecule has 1 amide bonds. The predicted octanol–water partition coefficient (Wildman–Crippen LogP) is 4.25. The topological polar surface area (TPSA) is 76.1 Å². The summed E-state index contributed by atoms with van der Waals surface area (Å²) in [5, 5.41) is 11.2. The zero-order chi connectivity index (χ0) is 22.7. The summed E-state index contributed by atoms with van der Waals surface area (Å²) in [5.74, 6) is -0.592. The second-order valence-corrected chi connectivity index (χ2v) is 8.45. The van der Waals surface area contributed by atoms with Gasteiger partial charge in [-0.2, -0.15) is 0 Å². The number of aliphatic hydroxyl groups excluding tert-OH is 1. The fourth-order valence-corrected chi connectivity index (χ4v) is 4.31. The van der Waals surface area contributed by atoms with E-state index in [9.17, 15) is 14.7 Å². The number of fused-ring (bicyclic) bond motifs is 1. The molecule has 1 fully saturated rings. The van der Waals surface area contributed by atoms with Crippen LogP contribution in [0.15, 0.2) is 54.1 Å². The van der Waals surface area contributed by atoms with Crippen molar-refractivity contribution in [3.63, 3.8) is 0 Å². The van der Waals surface area contributed by atoms with Crippen LogP contribution in [0, 0.1) is 0 Å². The molecule has 1 atom stereocenters. The Balaban J connectivity index is 1.72.